The number of anilines is 1. The van der Waals surface area contributed by atoms with E-state index in [0.29, 0.717) is 0 Å². The number of thiophene rings is 1. The number of benzene rings is 1. The zero-order valence-corrected chi connectivity index (χ0v) is 11.6. The Morgan fingerprint density at radius 1 is 1.32 bits per heavy atom. The van der Waals surface area contributed by atoms with Crippen LogP contribution in [0.15, 0.2) is 35.7 Å². The number of nitrogens with zero attached hydrogens (tertiary/aromatic N) is 1. The normalized spacial score (nSPS) is 14.1. The number of amides is 1. The van der Waals surface area contributed by atoms with Gasteiger partial charge in [0.25, 0.3) is 5.91 Å². The third kappa shape index (κ3) is 2.12. The van der Waals surface area contributed by atoms with Crippen molar-refractivity contribution in [2.24, 2.45) is 0 Å². The maximum absolute atomic E-state index is 12.6. The molecule has 1 amide bonds. The fourth-order valence-corrected chi connectivity index (χ4v) is 3.19. The lowest BCUT2D eigenvalue weighted by Crippen LogP contribution is -2.35. The summed E-state index contributed by atoms with van der Waals surface area (Å²) in [6.07, 6.45) is 2.00. The summed E-state index contributed by atoms with van der Waals surface area (Å²) in [6, 6.07) is 9.75. The minimum Gasteiger partial charge on any atom is -0.495 e. The fraction of sp³-hybridized carbons (Fsp3) is 0.267. The van der Waals surface area contributed by atoms with Gasteiger partial charge >= 0.3 is 0 Å². The second-order valence-electron chi connectivity index (χ2n) is 4.51. The first-order valence-corrected chi connectivity index (χ1v) is 7.20. The predicted octanol–water partition coefficient (Wildman–Crippen LogP) is 3.35. The lowest BCUT2D eigenvalue weighted by molar-refractivity contribution is 0.0988. The Hall–Kier alpha value is -1.81. The molecule has 98 valence electrons. The van der Waals surface area contributed by atoms with Crippen LogP contribution in [0, 0.1) is 0 Å². The van der Waals surface area contributed by atoms with E-state index in [1.165, 1.54) is 16.9 Å². The van der Waals surface area contributed by atoms with E-state index in [2.05, 4.69) is 6.07 Å². The van der Waals surface area contributed by atoms with Gasteiger partial charge in [-0.2, -0.15) is 0 Å². The van der Waals surface area contributed by atoms with E-state index in [9.17, 15) is 4.79 Å². The molecule has 1 aliphatic heterocycles. The summed E-state index contributed by atoms with van der Waals surface area (Å²) in [7, 11) is 1.65. The van der Waals surface area contributed by atoms with E-state index in [-0.39, 0.29) is 5.91 Å². The minimum absolute atomic E-state index is 0.0699. The highest BCUT2D eigenvalue weighted by Gasteiger charge is 2.26. The molecular weight excluding hydrogens is 258 g/mol. The topological polar surface area (TPSA) is 29.5 Å². The van der Waals surface area contributed by atoms with E-state index in [4.69, 9.17) is 4.74 Å². The molecule has 1 aromatic heterocycles. The van der Waals surface area contributed by atoms with E-state index in [1.807, 2.05) is 34.5 Å². The Kier molecular flexibility index (Phi) is 3.25. The fourth-order valence-electron chi connectivity index (χ4n) is 2.52. The molecule has 0 unspecified atom stereocenters. The average molecular weight is 273 g/mol. The number of fused-ring (bicyclic) bond motifs is 1. The predicted molar refractivity (Wildman–Crippen MR) is 77.3 cm³/mol. The largest absolute Gasteiger partial charge is 0.495 e. The molecule has 0 atom stereocenters. The van der Waals surface area contributed by atoms with E-state index in [0.717, 1.165) is 35.7 Å². The molecule has 2 aromatic rings. The maximum atomic E-state index is 12.6. The third-order valence-corrected chi connectivity index (χ3v) is 4.24. The maximum Gasteiger partial charge on any atom is 0.268 e. The Balaban J connectivity index is 2.05. The van der Waals surface area contributed by atoms with Crippen molar-refractivity contribution < 1.29 is 9.53 Å². The number of ether oxygens (including phenoxy) is 1. The molecule has 19 heavy (non-hydrogen) atoms. The molecule has 0 radical (unpaired) electrons. The van der Waals surface area contributed by atoms with Crippen molar-refractivity contribution in [1.82, 2.24) is 0 Å². The molecular formula is C15H15NO2S. The summed E-state index contributed by atoms with van der Waals surface area (Å²) in [6.45, 7) is 0.754. The molecule has 4 heteroatoms. The van der Waals surface area contributed by atoms with E-state index >= 15 is 0 Å². The second-order valence-corrected chi connectivity index (χ2v) is 5.45. The molecule has 0 saturated heterocycles. The summed E-state index contributed by atoms with van der Waals surface area (Å²) < 4.78 is 5.42. The Morgan fingerprint density at radius 2 is 2.21 bits per heavy atom. The van der Waals surface area contributed by atoms with Gasteiger partial charge in [-0.3, -0.25) is 4.79 Å². The van der Waals surface area contributed by atoms with Gasteiger partial charge < -0.3 is 9.64 Å². The molecule has 0 fully saturated rings. The second kappa shape index (κ2) is 5.05. The van der Waals surface area contributed by atoms with E-state index < -0.39 is 0 Å². The molecule has 0 spiro atoms. The monoisotopic (exact) mass is 273 g/mol. The number of carbonyl (C=O) groups excluding carboxylic acids is 1. The summed E-state index contributed by atoms with van der Waals surface area (Å²) in [4.78, 5) is 15.2. The lowest BCUT2D eigenvalue weighted by Gasteiger charge is -2.30. The molecule has 3 nitrogen and oxygen atoms in total. The van der Waals surface area contributed by atoms with Gasteiger partial charge in [-0.05, 0) is 35.9 Å². The zero-order chi connectivity index (χ0) is 13.2. The molecule has 0 aliphatic carbocycles. The molecule has 0 N–H and O–H groups in total. The van der Waals surface area contributed by atoms with Crippen LogP contribution in [0.1, 0.15) is 21.7 Å². The number of rotatable bonds is 2. The van der Waals surface area contributed by atoms with Crippen LogP contribution in [0.4, 0.5) is 5.69 Å². The molecule has 1 aromatic carbocycles. The Bertz CT molecular complexity index is 578. The standard InChI is InChI=1S/C15H15NO2S/c1-18-12-7-2-5-11-6-3-9-16(14(11)12)15(17)13-8-4-10-19-13/h2,4-5,7-8,10H,3,6,9H2,1H3. The van der Waals surface area contributed by atoms with Crippen LogP contribution in [-0.4, -0.2) is 19.6 Å². The lowest BCUT2D eigenvalue weighted by atomic mass is 10.0. The van der Waals surface area contributed by atoms with Crippen molar-refractivity contribution in [3.05, 3.63) is 46.2 Å². The first kappa shape index (κ1) is 12.2. The first-order valence-electron chi connectivity index (χ1n) is 6.32. The van der Waals surface area contributed by atoms with Crippen LogP contribution >= 0.6 is 11.3 Å². The van der Waals surface area contributed by atoms with Gasteiger partial charge in [-0.15, -0.1) is 11.3 Å². The van der Waals surface area contributed by atoms with Crippen LogP contribution in [0.2, 0.25) is 0 Å². The Labute approximate surface area is 116 Å². The van der Waals surface area contributed by atoms with E-state index in [1.54, 1.807) is 7.11 Å². The van der Waals surface area contributed by atoms with Gasteiger partial charge in [0, 0.05) is 6.54 Å². The molecule has 3 rings (SSSR count). The van der Waals surface area contributed by atoms with Gasteiger partial charge in [-0.1, -0.05) is 18.2 Å². The van der Waals surface area contributed by atoms with Crippen molar-refractivity contribution in [2.75, 3.05) is 18.6 Å². The highest BCUT2D eigenvalue weighted by atomic mass is 32.1. The van der Waals surface area contributed by atoms with Crippen LogP contribution in [0.3, 0.4) is 0 Å². The van der Waals surface area contributed by atoms with Gasteiger partial charge in [0.1, 0.15) is 5.75 Å². The van der Waals surface area contributed by atoms with Crippen LogP contribution in [-0.2, 0) is 6.42 Å². The summed E-state index contributed by atoms with van der Waals surface area (Å²) in [5, 5.41) is 1.93. The van der Waals surface area contributed by atoms with Crippen molar-refractivity contribution in [2.45, 2.75) is 12.8 Å². The number of carbonyl (C=O) groups is 1. The third-order valence-electron chi connectivity index (χ3n) is 3.38. The summed E-state index contributed by atoms with van der Waals surface area (Å²) in [5.74, 6) is 0.850. The number of aryl methyl sites for hydroxylation is 1. The van der Waals surface area contributed by atoms with Crippen molar-refractivity contribution in [1.29, 1.82) is 0 Å². The van der Waals surface area contributed by atoms with Gasteiger partial charge in [0.15, 0.2) is 0 Å². The number of methoxy groups -OCH3 is 1. The Morgan fingerprint density at radius 3 is 2.95 bits per heavy atom. The SMILES string of the molecule is COc1cccc2c1N(C(=O)c1cccs1)CCC2. The average Bonchev–Trinajstić information content (AvgIpc) is 2.99. The van der Waals surface area contributed by atoms with Crippen LogP contribution < -0.4 is 9.64 Å². The summed E-state index contributed by atoms with van der Waals surface area (Å²) in [5.41, 5.74) is 2.13. The molecule has 1 aliphatic rings. The minimum atomic E-state index is 0.0699. The quantitative estimate of drug-likeness (QED) is 0.839. The van der Waals surface area contributed by atoms with Crippen LogP contribution in [0.5, 0.6) is 5.75 Å². The smallest absolute Gasteiger partial charge is 0.268 e. The van der Waals surface area contributed by atoms with Crippen molar-refractivity contribution in [3.63, 3.8) is 0 Å². The number of hydrogen-bond acceptors (Lipinski definition) is 3. The van der Waals surface area contributed by atoms with Crippen molar-refractivity contribution >= 4 is 22.9 Å². The first-order chi connectivity index (χ1) is 9.31. The van der Waals surface area contributed by atoms with Crippen molar-refractivity contribution in [3.8, 4) is 5.75 Å². The highest BCUT2D eigenvalue weighted by Crippen LogP contribution is 2.37. The molecule has 2 heterocycles. The van der Waals surface area contributed by atoms with Gasteiger partial charge in [-0.25, -0.2) is 0 Å². The van der Waals surface area contributed by atoms with Crippen LogP contribution in [0.25, 0.3) is 0 Å². The van der Waals surface area contributed by atoms with Gasteiger partial charge in [0.2, 0.25) is 0 Å². The number of hydrogen-bond donors (Lipinski definition) is 0. The molecule has 0 bridgehead atoms. The summed E-state index contributed by atoms with van der Waals surface area (Å²) >= 11 is 1.48. The molecule has 0 saturated carbocycles. The van der Waals surface area contributed by atoms with Gasteiger partial charge in [0.05, 0.1) is 17.7 Å². The number of para-hydroxylation sites is 1. The zero-order valence-electron chi connectivity index (χ0n) is 10.8. The highest BCUT2D eigenvalue weighted by molar-refractivity contribution is 7.12.